The van der Waals surface area contributed by atoms with E-state index in [1.54, 1.807) is 32.0 Å². The maximum Gasteiger partial charge on any atom is 0.251 e. The van der Waals surface area contributed by atoms with Crippen LogP contribution in [0, 0.1) is 13.8 Å². The van der Waals surface area contributed by atoms with Crippen molar-refractivity contribution in [1.29, 1.82) is 0 Å². The zero-order valence-electron chi connectivity index (χ0n) is 14.6. The van der Waals surface area contributed by atoms with Crippen LogP contribution in [0.1, 0.15) is 21.8 Å². The fourth-order valence-electron chi connectivity index (χ4n) is 2.59. The molecule has 0 saturated heterocycles. The van der Waals surface area contributed by atoms with Gasteiger partial charge in [0, 0.05) is 25.7 Å². The van der Waals surface area contributed by atoms with E-state index in [1.165, 1.54) is 7.05 Å². The van der Waals surface area contributed by atoms with Crippen molar-refractivity contribution in [2.75, 3.05) is 26.9 Å². The van der Waals surface area contributed by atoms with Gasteiger partial charge in [0.2, 0.25) is 16.8 Å². The predicted octanol–water partition coefficient (Wildman–Crippen LogP) is 1.07. The Morgan fingerprint density at radius 2 is 2.00 bits per heavy atom. The van der Waals surface area contributed by atoms with Gasteiger partial charge in [-0.1, -0.05) is 5.16 Å². The second-order valence-electron chi connectivity index (χ2n) is 5.80. The fraction of sp³-hybridized carbons (Fsp3) is 0.375. The zero-order chi connectivity index (χ0) is 18.9. The van der Waals surface area contributed by atoms with E-state index < -0.39 is 10.0 Å². The van der Waals surface area contributed by atoms with Gasteiger partial charge in [0.25, 0.3) is 5.91 Å². The number of amides is 1. The standard InChI is InChI=1S/C16H19N3O6S/c1-10-15(11(2)25-18-10)26(21,22)19(3)7-6-17-16(20)12-4-5-13-14(8-12)24-9-23-13/h4-5,8H,6-7,9H2,1-3H3,(H,17,20). The summed E-state index contributed by atoms with van der Waals surface area (Å²) in [6.07, 6.45) is 0. The van der Waals surface area contributed by atoms with Crippen molar-refractivity contribution >= 4 is 15.9 Å². The lowest BCUT2D eigenvalue weighted by atomic mass is 10.2. The Kier molecular flexibility index (Phi) is 4.88. The predicted molar refractivity (Wildman–Crippen MR) is 90.7 cm³/mol. The number of hydrogen-bond donors (Lipinski definition) is 1. The Morgan fingerprint density at radius 3 is 2.69 bits per heavy atom. The highest BCUT2D eigenvalue weighted by Gasteiger charge is 2.28. The lowest BCUT2D eigenvalue weighted by molar-refractivity contribution is 0.0951. The third-order valence-corrected chi connectivity index (χ3v) is 6.09. The molecule has 0 aliphatic carbocycles. The average molecular weight is 381 g/mol. The maximum absolute atomic E-state index is 12.6. The summed E-state index contributed by atoms with van der Waals surface area (Å²) in [5, 5.41) is 6.36. The molecule has 0 fully saturated rings. The summed E-state index contributed by atoms with van der Waals surface area (Å²) in [6, 6.07) is 4.86. The van der Waals surface area contributed by atoms with Crippen molar-refractivity contribution in [1.82, 2.24) is 14.8 Å². The first-order valence-electron chi connectivity index (χ1n) is 7.88. The first kappa shape index (κ1) is 18.2. The number of hydrogen-bond acceptors (Lipinski definition) is 7. The topological polar surface area (TPSA) is 111 Å². The van der Waals surface area contributed by atoms with Gasteiger partial charge >= 0.3 is 0 Å². The van der Waals surface area contributed by atoms with Crippen molar-refractivity contribution in [2.45, 2.75) is 18.7 Å². The molecule has 10 heteroatoms. The Bertz CT molecular complexity index is 918. The Labute approximate surface area is 150 Å². The number of ether oxygens (including phenoxy) is 2. The van der Waals surface area contributed by atoms with Gasteiger partial charge < -0.3 is 19.3 Å². The third-order valence-electron chi connectivity index (χ3n) is 3.98. The molecule has 1 N–H and O–H groups in total. The number of aromatic nitrogens is 1. The molecule has 1 amide bonds. The van der Waals surface area contributed by atoms with Crippen LogP contribution in [0.3, 0.4) is 0 Å². The van der Waals surface area contributed by atoms with Crippen LogP contribution in [0.25, 0.3) is 0 Å². The molecular weight excluding hydrogens is 362 g/mol. The summed E-state index contributed by atoms with van der Waals surface area (Å²) in [4.78, 5) is 12.3. The van der Waals surface area contributed by atoms with Crippen LogP contribution in [-0.4, -0.2) is 50.7 Å². The maximum atomic E-state index is 12.6. The minimum Gasteiger partial charge on any atom is -0.454 e. The molecule has 1 aliphatic heterocycles. The quantitative estimate of drug-likeness (QED) is 0.797. The first-order valence-corrected chi connectivity index (χ1v) is 9.32. The molecule has 140 valence electrons. The van der Waals surface area contributed by atoms with Crippen LogP contribution in [0.15, 0.2) is 27.6 Å². The van der Waals surface area contributed by atoms with Gasteiger partial charge in [-0.05, 0) is 32.0 Å². The molecule has 0 saturated carbocycles. The molecule has 1 aromatic carbocycles. The van der Waals surface area contributed by atoms with Crippen molar-refractivity contribution in [2.24, 2.45) is 0 Å². The van der Waals surface area contributed by atoms with E-state index in [-0.39, 0.29) is 36.4 Å². The summed E-state index contributed by atoms with van der Waals surface area (Å²) >= 11 is 0. The van der Waals surface area contributed by atoms with E-state index in [0.717, 1.165) is 4.31 Å². The Balaban J connectivity index is 1.60. The lowest BCUT2D eigenvalue weighted by Gasteiger charge is -2.17. The number of rotatable bonds is 6. The number of nitrogens with one attached hydrogen (secondary N) is 1. The van der Waals surface area contributed by atoms with Crippen LogP contribution < -0.4 is 14.8 Å². The van der Waals surface area contributed by atoms with Crippen molar-refractivity contribution in [3.8, 4) is 11.5 Å². The first-order chi connectivity index (χ1) is 12.3. The molecule has 0 bridgehead atoms. The number of aryl methyl sites for hydroxylation is 2. The minimum absolute atomic E-state index is 0.0575. The largest absolute Gasteiger partial charge is 0.454 e. The number of carbonyl (C=O) groups excluding carboxylic acids is 1. The normalized spacial score (nSPS) is 13.2. The summed E-state index contributed by atoms with van der Waals surface area (Å²) in [5.41, 5.74) is 0.712. The van der Waals surface area contributed by atoms with E-state index in [1.807, 2.05) is 0 Å². The van der Waals surface area contributed by atoms with Crippen LogP contribution >= 0.6 is 0 Å². The lowest BCUT2D eigenvalue weighted by Crippen LogP contribution is -2.36. The number of benzene rings is 1. The highest BCUT2D eigenvalue weighted by Crippen LogP contribution is 2.32. The number of fused-ring (bicyclic) bond motifs is 1. The smallest absolute Gasteiger partial charge is 0.251 e. The second kappa shape index (κ2) is 6.96. The van der Waals surface area contributed by atoms with E-state index >= 15 is 0 Å². The van der Waals surface area contributed by atoms with Gasteiger partial charge in [-0.3, -0.25) is 4.79 Å². The molecule has 3 rings (SSSR count). The SMILES string of the molecule is Cc1noc(C)c1S(=O)(=O)N(C)CCNC(=O)c1ccc2c(c1)OCO2. The monoisotopic (exact) mass is 381 g/mol. The van der Waals surface area contributed by atoms with Crippen LogP contribution in [0.2, 0.25) is 0 Å². The van der Waals surface area contributed by atoms with Gasteiger partial charge in [-0.15, -0.1) is 0 Å². The van der Waals surface area contributed by atoms with Gasteiger partial charge in [0.15, 0.2) is 17.3 Å². The van der Waals surface area contributed by atoms with Crippen molar-refractivity contribution in [3.05, 3.63) is 35.2 Å². The molecule has 2 heterocycles. The number of nitrogens with zero attached hydrogens (tertiary/aromatic N) is 2. The number of likely N-dealkylation sites (N-methyl/N-ethyl adjacent to an activating group) is 1. The summed E-state index contributed by atoms with van der Waals surface area (Å²) < 4.78 is 41.7. The van der Waals surface area contributed by atoms with Crippen LogP contribution in [0.4, 0.5) is 0 Å². The highest BCUT2D eigenvalue weighted by molar-refractivity contribution is 7.89. The van der Waals surface area contributed by atoms with Gasteiger partial charge in [0.1, 0.15) is 10.6 Å². The van der Waals surface area contributed by atoms with Crippen molar-refractivity contribution in [3.63, 3.8) is 0 Å². The third kappa shape index (κ3) is 3.37. The van der Waals surface area contributed by atoms with Gasteiger partial charge in [-0.2, -0.15) is 4.31 Å². The van der Waals surface area contributed by atoms with E-state index in [4.69, 9.17) is 14.0 Å². The van der Waals surface area contributed by atoms with Crippen LogP contribution in [0.5, 0.6) is 11.5 Å². The fourth-order valence-corrected chi connectivity index (χ4v) is 4.04. The summed E-state index contributed by atoms with van der Waals surface area (Å²) in [5.74, 6) is 1.01. The summed E-state index contributed by atoms with van der Waals surface area (Å²) in [6.45, 7) is 3.49. The Hall–Kier alpha value is -2.59. The van der Waals surface area contributed by atoms with Crippen LogP contribution in [-0.2, 0) is 10.0 Å². The highest BCUT2D eigenvalue weighted by atomic mass is 32.2. The molecule has 0 spiro atoms. The van der Waals surface area contributed by atoms with E-state index in [0.29, 0.717) is 22.8 Å². The summed E-state index contributed by atoms with van der Waals surface area (Å²) in [7, 11) is -2.30. The molecule has 0 unspecified atom stereocenters. The average Bonchev–Trinajstić information content (AvgIpc) is 3.20. The Morgan fingerprint density at radius 1 is 1.27 bits per heavy atom. The van der Waals surface area contributed by atoms with Gasteiger partial charge in [-0.25, -0.2) is 8.42 Å². The van der Waals surface area contributed by atoms with Crippen molar-refractivity contribution < 1.29 is 27.2 Å². The molecule has 26 heavy (non-hydrogen) atoms. The molecule has 1 aliphatic rings. The van der Waals surface area contributed by atoms with Gasteiger partial charge in [0.05, 0.1) is 0 Å². The number of sulfonamides is 1. The molecule has 0 atom stereocenters. The molecule has 9 nitrogen and oxygen atoms in total. The van der Waals surface area contributed by atoms with E-state index in [2.05, 4.69) is 10.5 Å². The molecule has 1 aromatic heterocycles. The molecule has 2 aromatic rings. The minimum atomic E-state index is -3.74. The second-order valence-corrected chi connectivity index (χ2v) is 7.79. The van der Waals surface area contributed by atoms with E-state index in [9.17, 15) is 13.2 Å². The zero-order valence-corrected chi connectivity index (χ0v) is 15.4. The molecular formula is C16H19N3O6S. The number of carbonyl (C=O) groups is 1. The molecule has 0 radical (unpaired) electrons.